The summed E-state index contributed by atoms with van der Waals surface area (Å²) in [4.78, 5) is 48.5. The van der Waals surface area contributed by atoms with Gasteiger partial charge in [-0.25, -0.2) is 4.57 Å². The Kier molecular flexibility index (Phi) is 52.7. The zero-order chi connectivity index (χ0) is 52.7. The number of carbonyl (C=O) groups is 3. The van der Waals surface area contributed by atoms with Gasteiger partial charge in [0.2, 0.25) is 0 Å². The van der Waals surface area contributed by atoms with Gasteiger partial charge in [0.1, 0.15) is 12.7 Å². The first-order chi connectivity index (χ1) is 35.2. The summed E-state index contributed by atoms with van der Waals surface area (Å²) < 4.78 is 39.5. The first-order valence-electron chi connectivity index (χ1n) is 29.5. The standard InChI is InChI=1S/C60H109O11P/c1-4-7-10-13-16-19-22-25-28-31-34-37-40-43-46-49-58(62)67-53-57(71-60(64)51-48-45-42-39-36-33-30-27-24-21-18-15-12-9-6-3)55-69-72(65,66)68-54-56(52-61)70-59(63)50-47-44-41-38-35-32-29-26-23-20-17-14-11-8-5-2/h9,12,18,21,26-27,29-30,56-57,61H,4-8,10-11,13-17,19-20,22-25,28,31-55H2,1-3H3,(H,65,66)/b12-9-,21-18-,29-26-,30-27-. The molecule has 0 saturated heterocycles. The van der Waals surface area contributed by atoms with Crippen molar-refractivity contribution >= 4 is 25.7 Å². The maximum Gasteiger partial charge on any atom is 0.472 e. The molecule has 0 aliphatic heterocycles. The molecule has 0 fully saturated rings. The molecule has 0 heterocycles. The number of aliphatic hydroxyl groups is 1. The van der Waals surface area contributed by atoms with Crippen LogP contribution in [0.15, 0.2) is 48.6 Å². The number of unbranched alkanes of at least 4 members (excludes halogenated alkanes) is 30. The van der Waals surface area contributed by atoms with E-state index in [0.29, 0.717) is 19.3 Å². The van der Waals surface area contributed by atoms with E-state index in [1.165, 1.54) is 109 Å². The minimum Gasteiger partial charge on any atom is -0.462 e. The summed E-state index contributed by atoms with van der Waals surface area (Å²) in [6, 6.07) is 0. The van der Waals surface area contributed by atoms with Gasteiger partial charge >= 0.3 is 25.7 Å². The number of phosphoric acid groups is 1. The average Bonchev–Trinajstić information content (AvgIpc) is 3.37. The predicted molar refractivity (Wildman–Crippen MR) is 298 cm³/mol. The van der Waals surface area contributed by atoms with Crippen LogP contribution in [0.4, 0.5) is 0 Å². The number of phosphoric ester groups is 1. The lowest BCUT2D eigenvalue weighted by atomic mass is 10.0. The third-order valence-electron chi connectivity index (χ3n) is 12.7. The number of esters is 3. The molecule has 420 valence electrons. The van der Waals surface area contributed by atoms with Gasteiger partial charge in [-0.2, -0.15) is 0 Å². The van der Waals surface area contributed by atoms with Gasteiger partial charge in [0.15, 0.2) is 6.10 Å². The first kappa shape index (κ1) is 69.4. The van der Waals surface area contributed by atoms with E-state index in [4.69, 9.17) is 23.3 Å². The Morgan fingerprint density at radius 1 is 0.403 bits per heavy atom. The monoisotopic (exact) mass is 1040 g/mol. The third kappa shape index (κ3) is 52.3. The van der Waals surface area contributed by atoms with Gasteiger partial charge in [0, 0.05) is 19.3 Å². The van der Waals surface area contributed by atoms with Crippen LogP contribution >= 0.6 is 7.82 Å². The van der Waals surface area contributed by atoms with E-state index in [1.807, 2.05) is 0 Å². The van der Waals surface area contributed by atoms with E-state index in [1.54, 1.807) is 0 Å². The zero-order valence-electron chi connectivity index (χ0n) is 46.4. The van der Waals surface area contributed by atoms with E-state index in [0.717, 1.165) is 109 Å². The molecule has 0 saturated carbocycles. The van der Waals surface area contributed by atoms with Crippen molar-refractivity contribution < 1.29 is 52.2 Å². The van der Waals surface area contributed by atoms with E-state index < -0.39 is 57.8 Å². The van der Waals surface area contributed by atoms with Crippen molar-refractivity contribution in [1.29, 1.82) is 0 Å². The smallest absolute Gasteiger partial charge is 0.462 e. The second-order valence-corrected chi connectivity index (χ2v) is 21.2. The van der Waals surface area contributed by atoms with Crippen LogP contribution in [0.3, 0.4) is 0 Å². The van der Waals surface area contributed by atoms with Crippen LogP contribution in [0.1, 0.15) is 278 Å². The van der Waals surface area contributed by atoms with Gasteiger partial charge < -0.3 is 24.2 Å². The molecule has 0 spiro atoms. The normalized spacial score (nSPS) is 13.7. The fraction of sp³-hybridized carbons (Fsp3) is 0.817. The summed E-state index contributed by atoms with van der Waals surface area (Å²) in [5.74, 6) is -1.48. The zero-order valence-corrected chi connectivity index (χ0v) is 47.3. The van der Waals surface area contributed by atoms with Crippen LogP contribution in [0.25, 0.3) is 0 Å². The van der Waals surface area contributed by atoms with Gasteiger partial charge in [-0.3, -0.25) is 23.4 Å². The Morgan fingerprint density at radius 2 is 0.722 bits per heavy atom. The fourth-order valence-corrected chi connectivity index (χ4v) is 9.03. The molecule has 3 unspecified atom stereocenters. The Bertz CT molecular complexity index is 1400. The molecule has 0 aromatic heterocycles. The van der Waals surface area contributed by atoms with Gasteiger partial charge in [0.25, 0.3) is 0 Å². The maximum absolute atomic E-state index is 12.9. The highest BCUT2D eigenvalue weighted by Crippen LogP contribution is 2.43. The Labute approximate surface area is 441 Å². The SMILES string of the molecule is CC/C=C\C/C=C\C/C=C\CCCCCCCC(=O)OC(COC(=O)CCCCCCCCCCCCCCCCC)COP(=O)(O)OCC(CO)OC(=O)CCCCCCC/C=C\CCCCCCCC. The maximum atomic E-state index is 12.9. The molecule has 0 radical (unpaired) electrons. The summed E-state index contributed by atoms with van der Waals surface area (Å²) in [5, 5.41) is 9.82. The second-order valence-electron chi connectivity index (χ2n) is 19.8. The van der Waals surface area contributed by atoms with Crippen molar-refractivity contribution in [2.24, 2.45) is 0 Å². The second kappa shape index (κ2) is 54.7. The van der Waals surface area contributed by atoms with Crippen molar-refractivity contribution in [2.75, 3.05) is 26.4 Å². The van der Waals surface area contributed by atoms with E-state index >= 15 is 0 Å². The van der Waals surface area contributed by atoms with Gasteiger partial charge in [-0.1, -0.05) is 230 Å². The molecule has 0 aromatic rings. The number of rotatable bonds is 55. The van der Waals surface area contributed by atoms with Crippen molar-refractivity contribution in [3.05, 3.63) is 48.6 Å². The average molecular weight is 1040 g/mol. The first-order valence-corrected chi connectivity index (χ1v) is 31.0. The molecule has 11 nitrogen and oxygen atoms in total. The molecule has 2 N–H and O–H groups in total. The van der Waals surface area contributed by atoms with E-state index in [9.17, 15) is 28.9 Å². The highest BCUT2D eigenvalue weighted by atomic mass is 31.2. The molecule has 0 amide bonds. The minimum absolute atomic E-state index is 0.150. The lowest BCUT2D eigenvalue weighted by molar-refractivity contribution is -0.161. The molecule has 72 heavy (non-hydrogen) atoms. The molecule has 0 aliphatic carbocycles. The van der Waals surface area contributed by atoms with Crippen LogP contribution in [0.2, 0.25) is 0 Å². The van der Waals surface area contributed by atoms with Crippen molar-refractivity contribution in [3.8, 4) is 0 Å². The molecule has 3 atom stereocenters. The van der Waals surface area contributed by atoms with Crippen LogP contribution < -0.4 is 0 Å². The third-order valence-corrected chi connectivity index (χ3v) is 13.7. The summed E-state index contributed by atoms with van der Waals surface area (Å²) in [6.07, 6.45) is 57.8. The minimum atomic E-state index is -4.75. The quantitative estimate of drug-likeness (QED) is 0.0197. The summed E-state index contributed by atoms with van der Waals surface area (Å²) >= 11 is 0. The molecule has 0 rings (SSSR count). The van der Waals surface area contributed by atoms with Crippen LogP contribution in [-0.4, -0.2) is 66.5 Å². The molecule has 12 heteroatoms. The number of hydrogen-bond donors (Lipinski definition) is 2. The summed E-state index contributed by atoms with van der Waals surface area (Å²) in [7, 11) is -4.75. The highest BCUT2D eigenvalue weighted by Gasteiger charge is 2.28. The lowest BCUT2D eigenvalue weighted by Crippen LogP contribution is -2.30. The lowest BCUT2D eigenvalue weighted by Gasteiger charge is -2.21. The number of carbonyl (C=O) groups excluding carboxylic acids is 3. The van der Waals surface area contributed by atoms with Gasteiger partial charge in [0.05, 0.1) is 19.8 Å². The summed E-state index contributed by atoms with van der Waals surface area (Å²) in [6.45, 7) is 4.54. The Hall–Kier alpha value is -2.56. The predicted octanol–water partition coefficient (Wildman–Crippen LogP) is 17.4. The Balaban J connectivity index is 4.71. The van der Waals surface area contributed by atoms with Gasteiger partial charge in [-0.15, -0.1) is 0 Å². The fourth-order valence-electron chi connectivity index (χ4n) is 8.25. The van der Waals surface area contributed by atoms with Crippen molar-refractivity contribution in [3.63, 3.8) is 0 Å². The molecule has 0 aromatic carbocycles. The van der Waals surface area contributed by atoms with Crippen molar-refractivity contribution in [1.82, 2.24) is 0 Å². The van der Waals surface area contributed by atoms with Crippen LogP contribution in [0.5, 0.6) is 0 Å². The van der Waals surface area contributed by atoms with Crippen LogP contribution in [0, 0.1) is 0 Å². The van der Waals surface area contributed by atoms with Gasteiger partial charge in [-0.05, 0) is 77.0 Å². The number of allylic oxidation sites excluding steroid dienone is 8. The van der Waals surface area contributed by atoms with E-state index in [2.05, 4.69) is 69.4 Å². The van der Waals surface area contributed by atoms with E-state index in [-0.39, 0.29) is 25.9 Å². The molecular formula is C60H109O11P. The summed E-state index contributed by atoms with van der Waals surface area (Å²) in [5.41, 5.74) is 0. The molecule has 0 bridgehead atoms. The topological polar surface area (TPSA) is 155 Å². The highest BCUT2D eigenvalue weighted by molar-refractivity contribution is 7.47. The Morgan fingerprint density at radius 3 is 1.12 bits per heavy atom. The number of hydrogen-bond acceptors (Lipinski definition) is 10. The molecule has 0 aliphatic rings. The number of ether oxygens (including phenoxy) is 3. The molecular weight excluding hydrogens is 928 g/mol. The number of aliphatic hydroxyl groups excluding tert-OH is 1. The van der Waals surface area contributed by atoms with Crippen molar-refractivity contribution in [2.45, 2.75) is 290 Å². The van der Waals surface area contributed by atoms with Crippen LogP contribution in [-0.2, 0) is 42.2 Å². The largest absolute Gasteiger partial charge is 0.472 e.